The Morgan fingerprint density at radius 2 is 1.72 bits per heavy atom. The van der Waals surface area contributed by atoms with Crippen molar-refractivity contribution in [1.29, 1.82) is 0 Å². The van der Waals surface area contributed by atoms with Crippen LogP contribution in [0.2, 0.25) is 5.02 Å². The Balaban J connectivity index is 1.91. The molecule has 0 amide bonds. The fourth-order valence-electron chi connectivity index (χ4n) is 3.76. The molecule has 1 unspecified atom stereocenters. The van der Waals surface area contributed by atoms with Crippen molar-refractivity contribution in [3.8, 4) is 0 Å². The van der Waals surface area contributed by atoms with E-state index in [1.807, 2.05) is 43.3 Å². The van der Waals surface area contributed by atoms with Crippen LogP contribution in [0.1, 0.15) is 37.3 Å². The molecule has 1 heterocycles. The highest BCUT2D eigenvalue weighted by atomic mass is 35.5. The molecule has 1 saturated heterocycles. The zero-order chi connectivity index (χ0) is 18.1. The minimum atomic E-state index is -3.45. The molecule has 25 heavy (non-hydrogen) atoms. The highest BCUT2D eigenvalue weighted by Gasteiger charge is 2.43. The van der Waals surface area contributed by atoms with Gasteiger partial charge in [0.2, 0.25) is 10.0 Å². The van der Waals surface area contributed by atoms with Gasteiger partial charge in [-0.25, -0.2) is 8.42 Å². The first-order chi connectivity index (χ1) is 11.9. The fourth-order valence-corrected chi connectivity index (χ4v) is 5.42. The monoisotopic (exact) mass is 377 g/mol. The number of hydrogen-bond donors (Lipinski definition) is 0. The second-order valence-electron chi connectivity index (χ2n) is 6.94. The summed E-state index contributed by atoms with van der Waals surface area (Å²) in [5.74, 6) is 0. The van der Waals surface area contributed by atoms with Gasteiger partial charge in [0.15, 0.2) is 0 Å². The van der Waals surface area contributed by atoms with Crippen LogP contribution in [0.4, 0.5) is 0 Å². The van der Waals surface area contributed by atoms with Crippen LogP contribution in [0.25, 0.3) is 0 Å². The SMILES string of the molecule is CCCC1(c2ccc(Cl)cc2)CCN(S(=O)(=O)c2ccc(C)cc2)C1. The van der Waals surface area contributed by atoms with Crippen molar-refractivity contribution < 1.29 is 8.42 Å². The summed E-state index contributed by atoms with van der Waals surface area (Å²) in [4.78, 5) is 0.376. The van der Waals surface area contributed by atoms with Crippen LogP contribution in [0, 0.1) is 6.92 Å². The molecule has 134 valence electrons. The van der Waals surface area contributed by atoms with Crippen molar-refractivity contribution >= 4 is 21.6 Å². The predicted molar refractivity (Wildman–Crippen MR) is 103 cm³/mol. The summed E-state index contributed by atoms with van der Waals surface area (Å²) < 4.78 is 27.7. The molecular weight excluding hydrogens is 354 g/mol. The lowest BCUT2D eigenvalue weighted by Gasteiger charge is -2.30. The van der Waals surface area contributed by atoms with E-state index in [1.165, 1.54) is 5.56 Å². The molecule has 0 spiro atoms. The molecule has 0 saturated carbocycles. The number of halogens is 1. The molecule has 5 heteroatoms. The van der Waals surface area contributed by atoms with Gasteiger partial charge in [0.1, 0.15) is 0 Å². The van der Waals surface area contributed by atoms with Crippen molar-refractivity contribution in [2.75, 3.05) is 13.1 Å². The molecule has 3 rings (SSSR count). The molecule has 3 nitrogen and oxygen atoms in total. The number of rotatable bonds is 5. The number of sulfonamides is 1. The van der Waals surface area contributed by atoms with Gasteiger partial charge in [-0.3, -0.25) is 0 Å². The zero-order valence-electron chi connectivity index (χ0n) is 14.7. The summed E-state index contributed by atoms with van der Waals surface area (Å²) in [5, 5.41) is 0.706. The second kappa shape index (κ2) is 7.10. The standard InChI is InChI=1S/C20H24ClNO2S/c1-3-12-20(17-6-8-18(21)9-7-17)13-14-22(15-20)25(23,24)19-10-4-16(2)5-11-19/h4-11H,3,12-15H2,1-2H3. The van der Waals surface area contributed by atoms with Gasteiger partial charge in [-0.2, -0.15) is 4.31 Å². The molecule has 0 N–H and O–H groups in total. The summed E-state index contributed by atoms with van der Waals surface area (Å²) in [7, 11) is -3.45. The van der Waals surface area contributed by atoms with Crippen LogP contribution in [0.15, 0.2) is 53.4 Å². The van der Waals surface area contributed by atoms with Crippen LogP contribution in [-0.2, 0) is 15.4 Å². The zero-order valence-corrected chi connectivity index (χ0v) is 16.3. The van der Waals surface area contributed by atoms with E-state index in [0.717, 1.165) is 24.8 Å². The van der Waals surface area contributed by atoms with E-state index in [4.69, 9.17) is 11.6 Å². The Kier molecular flexibility index (Phi) is 5.24. The normalized spacial score (nSPS) is 21.6. The van der Waals surface area contributed by atoms with Gasteiger partial charge in [0.05, 0.1) is 4.90 Å². The second-order valence-corrected chi connectivity index (χ2v) is 9.31. The highest BCUT2D eigenvalue weighted by molar-refractivity contribution is 7.89. The largest absolute Gasteiger partial charge is 0.243 e. The van der Waals surface area contributed by atoms with Gasteiger partial charge in [-0.15, -0.1) is 0 Å². The fraction of sp³-hybridized carbons (Fsp3) is 0.400. The van der Waals surface area contributed by atoms with Crippen LogP contribution in [0.3, 0.4) is 0 Å². The van der Waals surface area contributed by atoms with Crippen molar-refractivity contribution in [2.45, 2.75) is 43.4 Å². The highest BCUT2D eigenvalue weighted by Crippen LogP contribution is 2.41. The Bertz CT molecular complexity index is 831. The van der Waals surface area contributed by atoms with E-state index in [2.05, 4.69) is 6.92 Å². The average molecular weight is 378 g/mol. The number of benzene rings is 2. The molecule has 1 atom stereocenters. The number of hydrogen-bond acceptors (Lipinski definition) is 2. The molecule has 0 bridgehead atoms. The summed E-state index contributed by atoms with van der Waals surface area (Å²) in [6.45, 7) is 5.19. The molecule has 0 aliphatic carbocycles. The van der Waals surface area contributed by atoms with Crippen molar-refractivity contribution in [3.05, 3.63) is 64.7 Å². The summed E-state index contributed by atoms with van der Waals surface area (Å²) in [6, 6.07) is 15.0. The summed E-state index contributed by atoms with van der Waals surface area (Å²) in [5.41, 5.74) is 2.11. The van der Waals surface area contributed by atoms with E-state index in [0.29, 0.717) is 23.0 Å². The van der Waals surface area contributed by atoms with Gasteiger partial charge in [0.25, 0.3) is 0 Å². The van der Waals surface area contributed by atoms with E-state index in [1.54, 1.807) is 16.4 Å². The van der Waals surface area contributed by atoms with Crippen LogP contribution in [-0.4, -0.2) is 25.8 Å². The molecule has 0 aromatic heterocycles. The van der Waals surface area contributed by atoms with E-state index in [9.17, 15) is 8.42 Å². The third kappa shape index (κ3) is 3.62. The maximum atomic E-state index is 13.0. The van der Waals surface area contributed by atoms with E-state index in [-0.39, 0.29) is 5.41 Å². The quantitative estimate of drug-likeness (QED) is 0.751. The lowest BCUT2D eigenvalue weighted by atomic mass is 9.76. The Morgan fingerprint density at radius 1 is 1.08 bits per heavy atom. The first-order valence-electron chi connectivity index (χ1n) is 8.70. The van der Waals surface area contributed by atoms with E-state index >= 15 is 0 Å². The minimum Gasteiger partial charge on any atom is -0.207 e. The van der Waals surface area contributed by atoms with Crippen LogP contribution >= 0.6 is 11.6 Å². The number of nitrogens with zero attached hydrogens (tertiary/aromatic N) is 1. The lowest BCUT2D eigenvalue weighted by molar-refractivity contribution is 0.391. The molecular formula is C20H24ClNO2S. The molecule has 1 aliphatic rings. The molecule has 2 aromatic rings. The predicted octanol–water partition coefficient (Wildman–Crippen LogP) is 4.78. The average Bonchev–Trinajstić information content (AvgIpc) is 3.02. The Labute approximate surface area is 155 Å². The lowest BCUT2D eigenvalue weighted by Crippen LogP contribution is -2.34. The Morgan fingerprint density at radius 3 is 2.32 bits per heavy atom. The Hall–Kier alpha value is -1.36. The van der Waals surface area contributed by atoms with Crippen molar-refractivity contribution in [3.63, 3.8) is 0 Å². The van der Waals surface area contributed by atoms with Gasteiger partial charge in [-0.05, 0) is 49.6 Å². The van der Waals surface area contributed by atoms with Gasteiger partial charge < -0.3 is 0 Å². The smallest absolute Gasteiger partial charge is 0.207 e. The summed E-state index contributed by atoms with van der Waals surface area (Å²) >= 11 is 6.03. The molecule has 1 fully saturated rings. The maximum Gasteiger partial charge on any atom is 0.243 e. The minimum absolute atomic E-state index is 0.128. The van der Waals surface area contributed by atoms with Gasteiger partial charge in [-0.1, -0.05) is 54.8 Å². The first kappa shape index (κ1) is 18.4. The van der Waals surface area contributed by atoms with Crippen molar-refractivity contribution in [2.24, 2.45) is 0 Å². The third-order valence-electron chi connectivity index (χ3n) is 5.16. The van der Waals surface area contributed by atoms with Gasteiger partial charge in [0, 0.05) is 23.5 Å². The van der Waals surface area contributed by atoms with Crippen molar-refractivity contribution in [1.82, 2.24) is 4.31 Å². The first-order valence-corrected chi connectivity index (χ1v) is 10.5. The van der Waals surface area contributed by atoms with Crippen LogP contribution < -0.4 is 0 Å². The molecule has 1 aliphatic heterocycles. The van der Waals surface area contributed by atoms with E-state index < -0.39 is 10.0 Å². The molecule has 0 radical (unpaired) electrons. The summed E-state index contributed by atoms with van der Waals surface area (Å²) in [6.07, 6.45) is 2.82. The third-order valence-corrected chi connectivity index (χ3v) is 7.27. The topological polar surface area (TPSA) is 37.4 Å². The molecule has 2 aromatic carbocycles. The van der Waals surface area contributed by atoms with Crippen LogP contribution in [0.5, 0.6) is 0 Å². The van der Waals surface area contributed by atoms with Gasteiger partial charge >= 0.3 is 0 Å². The number of aryl methyl sites for hydroxylation is 1. The maximum absolute atomic E-state index is 13.0.